The van der Waals surface area contributed by atoms with Crippen molar-refractivity contribution in [3.63, 3.8) is 0 Å². The molecule has 0 bridgehead atoms. The summed E-state index contributed by atoms with van der Waals surface area (Å²) in [5, 5.41) is 8.44. The molecular weight excluding hydrogens is 252 g/mol. The summed E-state index contributed by atoms with van der Waals surface area (Å²) >= 11 is 0. The van der Waals surface area contributed by atoms with E-state index >= 15 is 0 Å². The third-order valence-electron chi connectivity index (χ3n) is 2.53. The first kappa shape index (κ1) is 13.7. The zero-order chi connectivity index (χ0) is 14.2. The lowest BCUT2D eigenvalue weighted by Crippen LogP contribution is -2.11. The van der Waals surface area contributed by atoms with Crippen LogP contribution in [-0.2, 0) is 0 Å². The summed E-state index contributed by atoms with van der Waals surface area (Å²) in [7, 11) is 0. The van der Waals surface area contributed by atoms with Crippen molar-refractivity contribution < 1.29 is 0 Å². The molecule has 2 aromatic heterocycles. The lowest BCUT2D eigenvalue weighted by atomic mass is 10.3. The minimum absolute atomic E-state index is 0.692. The van der Waals surface area contributed by atoms with Crippen LogP contribution in [0.4, 0.5) is 11.6 Å². The fourth-order valence-electron chi connectivity index (χ4n) is 1.30. The van der Waals surface area contributed by atoms with E-state index in [0.717, 1.165) is 11.4 Å². The molecule has 0 aliphatic carbocycles. The molecule has 0 aromatic carbocycles. The summed E-state index contributed by atoms with van der Waals surface area (Å²) in [5.74, 6) is 1.38. The molecule has 0 fully saturated rings. The molecule has 2 aromatic rings. The minimum atomic E-state index is 0.692. The monoisotopic (exact) mass is 268 g/mol. The average Bonchev–Trinajstić information content (AvgIpc) is 2.52. The zero-order valence-corrected chi connectivity index (χ0v) is 11.4. The van der Waals surface area contributed by atoms with Gasteiger partial charge in [-0.25, -0.2) is 9.97 Å². The molecule has 6 nitrogen and oxygen atoms in total. The number of hydrogen-bond donors (Lipinski definition) is 2. The Kier molecular flexibility index (Phi) is 4.77. The van der Waals surface area contributed by atoms with Crippen LogP contribution in [-0.4, -0.2) is 21.4 Å². The van der Waals surface area contributed by atoms with Gasteiger partial charge in [0, 0.05) is 12.4 Å². The number of nitrogens with zero attached hydrogens (tertiary/aromatic N) is 4. The maximum atomic E-state index is 4.22. The SMILES string of the molecule is CC(=N\Nc1ccccn1)/C(C)=N/Nc1ccccn1. The fourth-order valence-corrected chi connectivity index (χ4v) is 1.30. The molecule has 2 heterocycles. The highest BCUT2D eigenvalue weighted by Gasteiger charge is 1.98. The third-order valence-corrected chi connectivity index (χ3v) is 2.53. The molecule has 2 N–H and O–H groups in total. The molecular formula is C14H16N6. The van der Waals surface area contributed by atoms with Crippen LogP contribution in [0.2, 0.25) is 0 Å². The molecule has 20 heavy (non-hydrogen) atoms. The highest BCUT2D eigenvalue weighted by atomic mass is 15.3. The van der Waals surface area contributed by atoms with E-state index in [0.29, 0.717) is 11.6 Å². The van der Waals surface area contributed by atoms with Crippen LogP contribution in [0.5, 0.6) is 0 Å². The minimum Gasteiger partial charge on any atom is -0.261 e. The third kappa shape index (κ3) is 4.16. The largest absolute Gasteiger partial charge is 0.261 e. The number of pyridine rings is 2. The van der Waals surface area contributed by atoms with Crippen molar-refractivity contribution in [3.8, 4) is 0 Å². The molecule has 2 rings (SSSR count). The van der Waals surface area contributed by atoms with E-state index < -0.39 is 0 Å². The Morgan fingerprint density at radius 2 is 1.25 bits per heavy atom. The second kappa shape index (κ2) is 6.98. The Hall–Kier alpha value is -2.76. The summed E-state index contributed by atoms with van der Waals surface area (Å²) in [6.07, 6.45) is 3.41. The molecule has 0 spiro atoms. The molecule has 102 valence electrons. The summed E-state index contributed by atoms with van der Waals surface area (Å²) in [6.45, 7) is 3.74. The number of aromatic nitrogens is 2. The maximum absolute atomic E-state index is 4.22. The van der Waals surface area contributed by atoms with Crippen molar-refractivity contribution in [3.05, 3.63) is 48.8 Å². The predicted octanol–water partition coefficient (Wildman–Crippen LogP) is 2.75. The fraction of sp³-hybridized carbons (Fsp3) is 0.143. The van der Waals surface area contributed by atoms with Crippen molar-refractivity contribution in [2.75, 3.05) is 10.9 Å². The number of nitrogens with one attached hydrogen (secondary N) is 2. The molecule has 0 amide bonds. The van der Waals surface area contributed by atoms with Gasteiger partial charge in [0.15, 0.2) is 0 Å². The van der Waals surface area contributed by atoms with Gasteiger partial charge in [-0.1, -0.05) is 12.1 Å². The molecule has 0 saturated carbocycles. The van der Waals surface area contributed by atoms with E-state index in [1.807, 2.05) is 50.2 Å². The van der Waals surface area contributed by atoms with Gasteiger partial charge in [-0.2, -0.15) is 10.2 Å². The van der Waals surface area contributed by atoms with Gasteiger partial charge >= 0.3 is 0 Å². The number of anilines is 2. The molecule has 0 aliphatic heterocycles. The van der Waals surface area contributed by atoms with E-state index in [-0.39, 0.29) is 0 Å². The second-order valence-electron chi connectivity index (χ2n) is 4.05. The Bertz CT molecular complexity index is 536. The average molecular weight is 268 g/mol. The van der Waals surface area contributed by atoms with Crippen LogP contribution in [0.1, 0.15) is 13.8 Å². The van der Waals surface area contributed by atoms with E-state index in [9.17, 15) is 0 Å². The van der Waals surface area contributed by atoms with Gasteiger partial charge < -0.3 is 0 Å². The first-order chi connectivity index (χ1) is 9.75. The topological polar surface area (TPSA) is 74.6 Å². The van der Waals surface area contributed by atoms with Crippen LogP contribution < -0.4 is 10.9 Å². The summed E-state index contributed by atoms with van der Waals surface area (Å²) in [4.78, 5) is 8.24. The first-order valence-corrected chi connectivity index (χ1v) is 6.19. The van der Waals surface area contributed by atoms with Crippen molar-refractivity contribution in [2.45, 2.75) is 13.8 Å². The Balaban J connectivity index is 1.95. The van der Waals surface area contributed by atoms with Crippen LogP contribution in [0.15, 0.2) is 59.0 Å². The van der Waals surface area contributed by atoms with Crippen molar-refractivity contribution >= 4 is 23.1 Å². The molecule has 0 unspecified atom stereocenters. The van der Waals surface area contributed by atoms with E-state index in [2.05, 4.69) is 31.0 Å². The molecule has 0 saturated heterocycles. The van der Waals surface area contributed by atoms with Gasteiger partial charge in [-0.05, 0) is 38.1 Å². The Morgan fingerprint density at radius 3 is 1.60 bits per heavy atom. The van der Waals surface area contributed by atoms with Crippen LogP contribution in [0.3, 0.4) is 0 Å². The van der Waals surface area contributed by atoms with Gasteiger partial charge in [0.2, 0.25) is 0 Å². The zero-order valence-electron chi connectivity index (χ0n) is 11.4. The van der Waals surface area contributed by atoms with Gasteiger partial charge in [0.1, 0.15) is 11.6 Å². The molecule has 6 heteroatoms. The first-order valence-electron chi connectivity index (χ1n) is 6.19. The van der Waals surface area contributed by atoms with E-state index in [1.165, 1.54) is 0 Å². The maximum Gasteiger partial charge on any atom is 0.146 e. The highest BCUT2D eigenvalue weighted by Crippen LogP contribution is 2.01. The second-order valence-corrected chi connectivity index (χ2v) is 4.05. The van der Waals surface area contributed by atoms with E-state index in [4.69, 9.17) is 0 Å². The Morgan fingerprint density at radius 1 is 0.800 bits per heavy atom. The Labute approximate surface area is 117 Å². The molecule has 0 radical (unpaired) electrons. The van der Waals surface area contributed by atoms with Crippen molar-refractivity contribution in [1.82, 2.24) is 9.97 Å². The van der Waals surface area contributed by atoms with Crippen LogP contribution in [0, 0.1) is 0 Å². The van der Waals surface area contributed by atoms with Gasteiger partial charge in [0.25, 0.3) is 0 Å². The smallest absolute Gasteiger partial charge is 0.146 e. The van der Waals surface area contributed by atoms with Crippen molar-refractivity contribution in [1.29, 1.82) is 0 Å². The summed E-state index contributed by atoms with van der Waals surface area (Å²) < 4.78 is 0. The van der Waals surface area contributed by atoms with E-state index in [1.54, 1.807) is 12.4 Å². The lowest BCUT2D eigenvalue weighted by Gasteiger charge is -2.03. The van der Waals surface area contributed by atoms with Gasteiger partial charge in [0.05, 0.1) is 11.4 Å². The highest BCUT2D eigenvalue weighted by molar-refractivity contribution is 6.40. The lowest BCUT2D eigenvalue weighted by molar-refractivity contribution is 1.21. The molecule has 0 aliphatic rings. The number of rotatable bonds is 5. The van der Waals surface area contributed by atoms with Crippen LogP contribution in [0.25, 0.3) is 0 Å². The quantitative estimate of drug-likeness (QED) is 0.646. The normalized spacial score (nSPS) is 12.1. The van der Waals surface area contributed by atoms with Gasteiger partial charge in [-0.3, -0.25) is 10.9 Å². The summed E-state index contributed by atoms with van der Waals surface area (Å²) in [6, 6.07) is 11.2. The molecule has 0 atom stereocenters. The van der Waals surface area contributed by atoms with Crippen LogP contribution >= 0.6 is 0 Å². The predicted molar refractivity (Wildman–Crippen MR) is 81.9 cm³/mol. The van der Waals surface area contributed by atoms with Gasteiger partial charge in [-0.15, -0.1) is 0 Å². The van der Waals surface area contributed by atoms with Crippen molar-refractivity contribution in [2.24, 2.45) is 10.2 Å². The number of hydrazone groups is 2. The standard InChI is InChI=1S/C14H16N6/c1-11(17-19-13-7-3-5-9-15-13)12(2)18-20-14-8-4-6-10-16-14/h3-10H,1-2H3,(H,15,19)(H,16,20)/b17-11+,18-12+. The summed E-state index contributed by atoms with van der Waals surface area (Å²) in [5.41, 5.74) is 7.28. The number of hydrogen-bond acceptors (Lipinski definition) is 6.